The first-order valence-corrected chi connectivity index (χ1v) is 8.25. The summed E-state index contributed by atoms with van der Waals surface area (Å²) < 4.78 is 22.9. The van der Waals surface area contributed by atoms with Gasteiger partial charge in [-0.15, -0.1) is 0 Å². The Morgan fingerprint density at radius 3 is 2.65 bits per heavy atom. The highest BCUT2D eigenvalue weighted by molar-refractivity contribution is 7.91. The molecule has 114 valence electrons. The van der Waals surface area contributed by atoms with Crippen LogP contribution in [0.2, 0.25) is 0 Å². The standard InChI is InChI=1S/C12H20N2O5S/c1-2-3-4-6-13-12(17)14(8-11(15)16)10-5-7-20(18,19)9-10/h2-3,10H,4-9H2,1H3,(H,13,17)(H,15,16)/b3-2+. The van der Waals surface area contributed by atoms with Gasteiger partial charge < -0.3 is 15.3 Å². The maximum absolute atomic E-state index is 12.0. The normalized spacial score (nSPS) is 20.9. The Balaban J connectivity index is 2.64. The molecule has 1 fully saturated rings. The number of aliphatic carboxylic acids is 1. The van der Waals surface area contributed by atoms with Crippen molar-refractivity contribution in [3.63, 3.8) is 0 Å². The number of carbonyl (C=O) groups excluding carboxylic acids is 1. The Labute approximate surface area is 118 Å². The summed E-state index contributed by atoms with van der Waals surface area (Å²) in [5, 5.41) is 11.5. The smallest absolute Gasteiger partial charge is 0.323 e. The second-order valence-electron chi connectivity index (χ2n) is 4.67. The van der Waals surface area contributed by atoms with Gasteiger partial charge in [-0.05, 0) is 19.8 Å². The van der Waals surface area contributed by atoms with Crippen LogP contribution in [0.1, 0.15) is 19.8 Å². The van der Waals surface area contributed by atoms with Crippen molar-refractivity contribution < 1.29 is 23.1 Å². The number of nitrogens with zero attached hydrogens (tertiary/aromatic N) is 1. The Morgan fingerprint density at radius 2 is 2.15 bits per heavy atom. The molecule has 2 amide bonds. The summed E-state index contributed by atoms with van der Waals surface area (Å²) in [7, 11) is -3.16. The largest absolute Gasteiger partial charge is 0.480 e. The molecule has 1 aliphatic rings. The zero-order valence-electron chi connectivity index (χ0n) is 11.4. The van der Waals surface area contributed by atoms with Crippen LogP contribution in [0.3, 0.4) is 0 Å². The lowest BCUT2D eigenvalue weighted by atomic mass is 10.2. The molecule has 2 N–H and O–H groups in total. The lowest BCUT2D eigenvalue weighted by molar-refractivity contribution is -0.138. The van der Waals surface area contributed by atoms with E-state index in [-0.39, 0.29) is 17.9 Å². The molecule has 0 aromatic heterocycles. The fourth-order valence-electron chi connectivity index (χ4n) is 2.06. The second kappa shape index (κ2) is 7.28. The van der Waals surface area contributed by atoms with Crippen LogP contribution in [0.4, 0.5) is 4.79 Å². The van der Waals surface area contributed by atoms with Gasteiger partial charge in [0, 0.05) is 12.6 Å². The van der Waals surface area contributed by atoms with Crippen molar-refractivity contribution in [3.8, 4) is 0 Å². The summed E-state index contributed by atoms with van der Waals surface area (Å²) in [6, 6.07) is -1.09. The van der Waals surface area contributed by atoms with Crippen molar-refractivity contribution in [1.29, 1.82) is 0 Å². The summed E-state index contributed by atoms with van der Waals surface area (Å²) in [4.78, 5) is 23.9. The number of carboxylic acids is 1. The topological polar surface area (TPSA) is 104 Å². The highest BCUT2D eigenvalue weighted by atomic mass is 32.2. The number of nitrogens with one attached hydrogen (secondary N) is 1. The minimum absolute atomic E-state index is 0.000359. The molecule has 7 nitrogen and oxygen atoms in total. The summed E-state index contributed by atoms with van der Waals surface area (Å²) in [6.45, 7) is 1.76. The number of hydrogen-bond acceptors (Lipinski definition) is 4. The molecule has 0 aromatic rings. The van der Waals surface area contributed by atoms with Crippen molar-refractivity contribution in [2.24, 2.45) is 0 Å². The Kier molecular flexibility index (Phi) is 6.00. The van der Waals surface area contributed by atoms with Crippen LogP contribution in [0, 0.1) is 0 Å². The molecule has 0 aromatic carbocycles. The lowest BCUT2D eigenvalue weighted by Gasteiger charge is -2.26. The maximum Gasteiger partial charge on any atom is 0.323 e. The van der Waals surface area contributed by atoms with E-state index in [0.29, 0.717) is 13.0 Å². The molecule has 8 heteroatoms. The highest BCUT2D eigenvalue weighted by Crippen LogP contribution is 2.17. The third kappa shape index (κ3) is 5.20. The molecule has 1 aliphatic heterocycles. The summed E-state index contributed by atoms with van der Waals surface area (Å²) >= 11 is 0. The Hall–Kier alpha value is -1.57. The van der Waals surface area contributed by atoms with E-state index < -0.39 is 34.4 Å². The van der Waals surface area contributed by atoms with Gasteiger partial charge in [0.05, 0.1) is 11.5 Å². The zero-order chi connectivity index (χ0) is 15.2. The minimum Gasteiger partial charge on any atom is -0.480 e. The molecule has 0 radical (unpaired) electrons. The minimum atomic E-state index is -3.16. The van der Waals surface area contributed by atoms with Gasteiger partial charge in [-0.2, -0.15) is 0 Å². The monoisotopic (exact) mass is 304 g/mol. The number of rotatable bonds is 6. The molecule has 1 saturated heterocycles. The van der Waals surface area contributed by atoms with Gasteiger partial charge >= 0.3 is 12.0 Å². The quantitative estimate of drug-likeness (QED) is 0.540. The van der Waals surface area contributed by atoms with Crippen molar-refractivity contribution in [3.05, 3.63) is 12.2 Å². The summed E-state index contributed by atoms with van der Waals surface area (Å²) in [5.74, 6) is -1.32. The van der Waals surface area contributed by atoms with E-state index in [1.54, 1.807) is 0 Å². The van der Waals surface area contributed by atoms with Gasteiger partial charge in [0.15, 0.2) is 9.84 Å². The highest BCUT2D eigenvalue weighted by Gasteiger charge is 2.35. The third-order valence-electron chi connectivity index (χ3n) is 3.04. The molecule has 1 rings (SSSR count). The Morgan fingerprint density at radius 1 is 1.45 bits per heavy atom. The number of carboxylic acid groups (broad SMARTS) is 1. The molecule has 1 heterocycles. The first-order chi connectivity index (χ1) is 9.35. The molecule has 1 unspecified atom stereocenters. The van der Waals surface area contributed by atoms with E-state index in [1.165, 1.54) is 0 Å². The van der Waals surface area contributed by atoms with Crippen LogP contribution in [0.5, 0.6) is 0 Å². The van der Waals surface area contributed by atoms with E-state index in [9.17, 15) is 18.0 Å². The van der Waals surface area contributed by atoms with Crippen LogP contribution in [-0.4, -0.2) is 61.1 Å². The van der Waals surface area contributed by atoms with E-state index in [2.05, 4.69) is 5.32 Å². The lowest BCUT2D eigenvalue weighted by Crippen LogP contribution is -2.49. The zero-order valence-corrected chi connectivity index (χ0v) is 12.2. The van der Waals surface area contributed by atoms with Crippen LogP contribution >= 0.6 is 0 Å². The van der Waals surface area contributed by atoms with E-state index in [4.69, 9.17) is 5.11 Å². The molecule has 0 spiro atoms. The average Bonchev–Trinajstić information content (AvgIpc) is 2.71. The van der Waals surface area contributed by atoms with E-state index in [0.717, 1.165) is 4.90 Å². The van der Waals surface area contributed by atoms with Crippen molar-refractivity contribution >= 4 is 21.8 Å². The molecular formula is C12H20N2O5S. The number of allylic oxidation sites excluding steroid dienone is 1. The van der Waals surface area contributed by atoms with E-state index >= 15 is 0 Å². The Bertz CT molecular complexity index is 486. The summed E-state index contributed by atoms with van der Waals surface area (Å²) in [5.41, 5.74) is 0. The first-order valence-electron chi connectivity index (χ1n) is 6.43. The van der Waals surface area contributed by atoms with Gasteiger partial charge in [0.25, 0.3) is 0 Å². The fourth-order valence-corrected chi connectivity index (χ4v) is 3.80. The SMILES string of the molecule is C/C=C/CCNC(=O)N(CC(=O)O)C1CCS(=O)(=O)C1. The molecular weight excluding hydrogens is 284 g/mol. The average molecular weight is 304 g/mol. The summed E-state index contributed by atoms with van der Waals surface area (Å²) in [6.07, 6.45) is 4.66. The number of amides is 2. The van der Waals surface area contributed by atoms with Crippen molar-refractivity contribution in [1.82, 2.24) is 10.2 Å². The molecule has 0 bridgehead atoms. The predicted molar refractivity (Wildman–Crippen MR) is 74.2 cm³/mol. The van der Waals surface area contributed by atoms with Gasteiger partial charge in [-0.1, -0.05) is 12.2 Å². The third-order valence-corrected chi connectivity index (χ3v) is 4.79. The number of carbonyl (C=O) groups is 2. The first kappa shape index (κ1) is 16.5. The second-order valence-corrected chi connectivity index (χ2v) is 6.90. The predicted octanol–water partition coefficient (Wildman–Crippen LogP) is 0.236. The van der Waals surface area contributed by atoms with E-state index in [1.807, 2.05) is 19.1 Å². The van der Waals surface area contributed by atoms with Crippen LogP contribution in [-0.2, 0) is 14.6 Å². The molecule has 1 atom stereocenters. The van der Waals surface area contributed by atoms with Gasteiger partial charge in [0.1, 0.15) is 6.54 Å². The van der Waals surface area contributed by atoms with Crippen LogP contribution in [0.25, 0.3) is 0 Å². The van der Waals surface area contributed by atoms with Crippen LogP contribution in [0.15, 0.2) is 12.2 Å². The van der Waals surface area contributed by atoms with Gasteiger partial charge in [-0.25, -0.2) is 13.2 Å². The molecule has 20 heavy (non-hydrogen) atoms. The van der Waals surface area contributed by atoms with Crippen LogP contribution < -0.4 is 5.32 Å². The van der Waals surface area contributed by atoms with Crippen molar-refractivity contribution in [2.45, 2.75) is 25.8 Å². The fraction of sp³-hybridized carbons (Fsp3) is 0.667. The number of sulfone groups is 1. The number of hydrogen-bond donors (Lipinski definition) is 2. The molecule has 0 aliphatic carbocycles. The molecule has 0 saturated carbocycles. The van der Waals surface area contributed by atoms with Gasteiger partial charge in [0.2, 0.25) is 0 Å². The van der Waals surface area contributed by atoms with Crippen molar-refractivity contribution in [2.75, 3.05) is 24.6 Å². The number of urea groups is 1. The maximum atomic E-state index is 12.0. The van der Waals surface area contributed by atoms with Gasteiger partial charge in [-0.3, -0.25) is 4.79 Å².